The van der Waals surface area contributed by atoms with E-state index in [9.17, 15) is 13.2 Å². The van der Waals surface area contributed by atoms with Crippen LogP contribution in [0.3, 0.4) is 0 Å². The van der Waals surface area contributed by atoms with Crippen LogP contribution in [0.2, 0.25) is 0 Å². The van der Waals surface area contributed by atoms with Gasteiger partial charge in [-0.15, -0.1) is 0 Å². The summed E-state index contributed by atoms with van der Waals surface area (Å²) in [6, 6.07) is 10.6. The van der Waals surface area contributed by atoms with Crippen molar-refractivity contribution in [3.8, 4) is 0 Å². The molecule has 7 heteroatoms. The summed E-state index contributed by atoms with van der Waals surface area (Å²) < 4.78 is 30.5. The third-order valence-corrected chi connectivity index (χ3v) is 7.10. The predicted octanol–water partition coefficient (Wildman–Crippen LogP) is 3.80. The smallest absolute Gasteiger partial charge is 0.286 e. The van der Waals surface area contributed by atoms with E-state index < -0.39 is 9.84 Å². The van der Waals surface area contributed by atoms with Crippen molar-refractivity contribution in [3.63, 3.8) is 0 Å². The van der Waals surface area contributed by atoms with Crippen molar-refractivity contribution in [1.29, 1.82) is 0 Å². The van der Waals surface area contributed by atoms with E-state index in [-0.39, 0.29) is 28.9 Å². The number of sulfone groups is 1. The number of furan rings is 1. The van der Waals surface area contributed by atoms with Crippen molar-refractivity contribution in [2.24, 2.45) is 11.8 Å². The fourth-order valence-electron chi connectivity index (χ4n) is 4.47. The summed E-state index contributed by atoms with van der Waals surface area (Å²) in [5.41, 5.74) is 1.77. The average Bonchev–Trinajstić information content (AvgIpc) is 3.11. The molecule has 2 heterocycles. The topological polar surface area (TPSA) is 79.6 Å². The van der Waals surface area contributed by atoms with Gasteiger partial charge in [0.25, 0.3) is 5.91 Å². The largest absolute Gasteiger partial charge is 0.455 e. The Labute approximate surface area is 185 Å². The standard InChI is InChI=1S/C24H34N2O4S/c1-18-6-4-7-21(13-18)16-31(28,29)17-22-8-9-23(30-22)24(27)25-10-5-11-26-14-19(2)12-20(3)15-26/h4,6-9,13,19-20H,5,10-12,14-17H2,1-3H3,(H,25,27)/t19-,20-/m1/s1. The zero-order valence-electron chi connectivity index (χ0n) is 18.8. The fraction of sp³-hybridized carbons (Fsp3) is 0.542. The Morgan fingerprint density at radius 3 is 2.58 bits per heavy atom. The van der Waals surface area contributed by atoms with Crippen molar-refractivity contribution in [2.75, 3.05) is 26.2 Å². The number of benzene rings is 1. The Morgan fingerprint density at radius 2 is 1.87 bits per heavy atom. The Bertz CT molecular complexity index is 973. The molecule has 1 aromatic heterocycles. The van der Waals surface area contributed by atoms with Gasteiger partial charge in [0, 0.05) is 19.6 Å². The third kappa shape index (κ3) is 7.51. The summed E-state index contributed by atoms with van der Waals surface area (Å²) >= 11 is 0. The van der Waals surface area contributed by atoms with Gasteiger partial charge < -0.3 is 14.6 Å². The predicted molar refractivity (Wildman–Crippen MR) is 123 cm³/mol. The van der Waals surface area contributed by atoms with Gasteiger partial charge in [0.05, 0.1) is 5.75 Å². The van der Waals surface area contributed by atoms with E-state index >= 15 is 0 Å². The van der Waals surface area contributed by atoms with Gasteiger partial charge in [0.2, 0.25) is 0 Å². The maximum atomic E-state index is 12.5. The summed E-state index contributed by atoms with van der Waals surface area (Å²) in [6.07, 6.45) is 2.17. The van der Waals surface area contributed by atoms with Crippen LogP contribution < -0.4 is 5.32 Å². The van der Waals surface area contributed by atoms with Gasteiger partial charge in [-0.2, -0.15) is 0 Å². The van der Waals surface area contributed by atoms with Crippen molar-refractivity contribution in [2.45, 2.75) is 45.1 Å². The average molecular weight is 447 g/mol. The number of carbonyl (C=O) groups excluding carboxylic acids is 1. The quantitative estimate of drug-likeness (QED) is 0.593. The Kier molecular flexibility index (Phi) is 7.94. The summed E-state index contributed by atoms with van der Waals surface area (Å²) in [7, 11) is -3.39. The molecular weight excluding hydrogens is 412 g/mol. The molecule has 2 aromatic rings. The molecule has 0 spiro atoms. The molecule has 170 valence electrons. The number of carbonyl (C=O) groups is 1. The molecule has 6 nitrogen and oxygen atoms in total. The van der Waals surface area contributed by atoms with Gasteiger partial charge in [-0.05, 0) is 55.8 Å². The first kappa shape index (κ1) is 23.5. The van der Waals surface area contributed by atoms with Gasteiger partial charge >= 0.3 is 0 Å². The van der Waals surface area contributed by atoms with Crippen LogP contribution in [0.15, 0.2) is 40.8 Å². The lowest BCUT2D eigenvalue weighted by atomic mass is 9.92. The number of nitrogens with zero attached hydrogens (tertiary/aromatic N) is 1. The molecule has 1 aromatic carbocycles. The Balaban J connectivity index is 1.44. The van der Waals surface area contributed by atoms with E-state index in [0.29, 0.717) is 6.54 Å². The molecule has 0 radical (unpaired) electrons. The number of rotatable bonds is 9. The number of piperidine rings is 1. The highest BCUT2D eigenvalue weighted by molar-refractivity contribution is 7.89. The first-order valence-corrected chi connectivity index (χ1v) is 12.9. The molecule has 1 saturated heterocycles. The number of hydrogen-bond acceptors (Lipinski definition) is 5. The van der Waals surface area contributed by atoms with Crippen LogP contribution in [-0.4, -0.2) is 45.4 Å². The number of nitrogens with one attached hydrogen (secondary N) is 1. The molecule has 0 saturated carbocycles. The van der Waals surface area contributed by atoms with Gasteiger partial charge in [-0.1, -0.05) is 43.7 Å². The van der Waals surface area contributed by atoms with Crippen LogP contribution in [0.25, 0.3) is 0 Å². The molecule has 31 heavy (non-hydrogen) atoms. The van der Waals surface area contributed by atoms with Gasteiger partial charge in [0.15, 0.2) is 15.6 Å². The zero-order valence-corrected chi connectivity index (χ0v) is 19.6. The fourth-order valence-corrected chi connectivity index (χ4v) is 5.85. The molecule has 0 aliphatic carbocycles. The van der Waals surface area contributed by atoms with E-state index in [0.717, 1.165) is 49.0 Å². The maximum Gasteiger partial charge on any atom is 0.286 e. The zero-order chi connectivity index (χ0) is 22.4. The van der Waals surface area contributed by atoms with Crippen molar-refractivity contribution in [3.05, 3.63) is 59.0 Å². The number of likely N-dealkylation sites (tertiary alicyclic amines) is 1. The van der Waals surface area contributed by atoms with Gasteiger partial charge in [-0.3, -0.25) is 4.79 Å². The lowest BCUT2D eigenvalue weighted by Gasteiger charge is -2.34. The molecule has 1 aliphatic heterocycles. The molecule has 1 aliphatic rings. The van der Waals surface area contributed by atoms with Crippen molar-refractivity contribution < 1.29 is 17.6 Å². The number of aryl methyl sites for hydroxylation is 1. The minimum atomic E-state index is -3.39. The molecule has 0 unspecified atom stereocenters. The first-order valence-electron chi connectivity index (χ1n) is 11.1. The highest BCUT2D eigenvalue weighted by Crippen LogP contribution is 2.21. The molecule has 1 N–H and O–H groups in total. The number of amides is 1. The van der Waals surface area contributed by atoms with Gasteiger partial charge in [0.1, 0.15) is 11.5 Å². The lowest BCUT2D eigenvalue weighted by molar-refractivity contribution is 0.0918. The first-order chi connectivity index (χ1) is 14.7. The third-order valence-electron chi connectivity index (χ3n) is 5.60. The second-order valence-corrected chi connectivity index (χ2v) is 11.2. The molecule has 0 bridgehead atoms. The van der Waals surface area contributed by atoms with Crippen LogP contribution in [0.4, 0.5) is 0 Å². The number of hydrogen-bond donors (Lipinski definition) is 1. The van der Waals surface area contributed by atoms with E-state index in [1.807, 2.05) is 25.1 Å². The van der Waals surface area contributed by atoms with Gasteiger partial charge in [-0.25, -0.2) is 8.42 Å². The second-order valence-electron chi connectivity index (χ2n) is 9.10. The van der Waals surface area contributed by atoms with Crippen molar-refractivity contribution in [1.82, 2.24) is 10.2 Å². The summed E-state index contributed by atoms with van der Waals surface area (Å²) in [5, 5.41) is 2.87. The van der Waals surface area contributed by atoms with Crippen LogP contribution in [0, 0.1) is 18.8 Å². The maximum absolute atomic E-state index is 12.5. The van der Waals surface area contributed by atoms with E-state index in [1.54, 1.807) is 18.2 Å². The minimum absolute atomic E-state index is 0.0509. The molecular formula is C24H34N2O4S. The SMILES string of the molecule is Cc1cccc(CS(=O)(=O)Cc2ccc(C(=O)NCCCN3C[C@H](C)C[C@@H](C)C3)o2)c1. The Morgan fingerprint density at radius 1 is 1.13 bits per heavy atom. The highest BCUT2D eigenvalue weighted by atomic mass is 32.2. The molecule has 1 fully saturated rings. The van der Waals surface area contributed by atoms with Crippen LogP contribution in [0.1, 0.15) is 54.1 Å². The van der Waals surface area contributed by atoms with E-state index in [2.05, 4.69) is 24.1 Å². The summed E-state index contributed by atoms with van der Waals surface area (Å²) in [4.78, 5) is 14.8. The van der Waals surface area contributed by atoms with Crippen LogP contribution in [0.5, 0.6) is 0 Å². The normalized spacial score (nSPS) is 20.0. The lowest BCUT2D eigenvalue weighted by Crippen LogP contribution is -2.40. The Hall–Kier alpha value is -2.12. The molecule has 1 amide bonds. The summed E-state index contributed by atoms with van der Waals surface area (Å²) in [5.74, 6) is 1.31. The summed E-state index contributed by atoms with van der Waals surface area (Å²) in [6.45, 7) is 10.3. The second kappa shape index (κ2) is 10.5. The molecule has 3 rings (SSSR count). The van der Waals surface area contributed by atoms with E-state index in [4.69, 9.17) is 4.42 Å². The minimum Gasteiger partial charge on any atom is -0.455 e. The van der Waals surface area contributed by atoms with Crippen molar-refractivity contribution >= 4 is 15.7 Å². The van der Waals surface area contributed by atoms with Crippen LogP contribution >= 0.6 is 0 Å². The van der Waals surface area contributed by atoms with Crippen LogP contribution in [-0.2, 0) is 21.3 Å². The monoisotopic (exact) mass is 446 g/mol. The highest BCUT2D eigenvalue weighted by Gasteiger charge is 2.21. The molecule has 2 atom stereocenters. The van der Waals surface area contributed by atoms with E-state index in [1.165, 1.54) is 6.42 Å².